The molecule has 0 saturated heterocycles. The number of pyridine rings is 1. The van der Waals surface area contributed by atoms with Gasteiger partial charge in [-0.25, -0.2) is 4.98 Å². The van der Waals surface area contributed by atoms with Crippen molar-refractivity contribution in [3.63, 3.8) is 0 Å². The Morgan fingerprint density at radius 3 is 3.00 bits per heavy atom. The Hall–Kier alpha value is -1.16. The zero-order valence-electron chi connectivity index (χ0n) is 9.31. The average molecular weight is 290 g/mol. The van der Waals surface area contributed by atoms with Crippen LogP contribution in [0.2, 0.25) is 0 Å². The van der Waals surface area contributed by atoms with Crippen molar-refractivity contribution in [2.24, 2.45) is 0 Å². The highest BCUT2D eigenvalue weighted by molar-refractivity contribution is 9.10. The first-order valence-electron chi connectivity index (χ1n) is 6.03. The van der Waals surface area contributed by atoms with E-state index in [1.54, 1.807) is 0 Å². The Bertz CT molecular complexity index is 576. The van der Waals surface area contributed by atoms with Gasteiger partial charge in [0.25, 0.3) is 0 Å². The first kappa shape index (κ1) is 9.83. The van der Waals surface area contributed by atoms with Crippen LogP contribution in [0.5, 0.6) is 0 Å². The molecule has 2 aromatic heterocycles. The molecule has 4 heteroatoms. The topological polar surface area (TPSA) is 30.7 Å². The van der Waals surface area contributed by atoms with Crippen LogP contribution in [0.3, 0.4) is 0 Å². The van der Waals surface area contributed by atoms with Gasteiger partial charge < -0.3 is 4.57 Å². The third-order valence-corrected chi connectivity index (χ3v) is 4.68. The highest BCUT2D eigenvalue weighted by atomic mass is 79.9. The predicted octanol–water partition coefficient (Wildman–Crippen LogP) is 3.53. The maximum atomic E-state index is 4.80. The van der Waals surface area contributed by atoms with E-state index < -0.39 is 0 Å². The van der Waals surface area contributed by atoms with Gasteiger partial charge in [0.05, 0.1) is 5.69 Å². The molecule has 0 amide bonds. The van der Waals surface area contributed by atoms with Crippen molar-refractivity contribution in [2.45, 2.75) is 31.2 Å². The average Bonchev–Trinajstić information content (AvgIpc) is 3.03. The Kier molecular flexibility index (Phi) is 1.98. The molecule has 2 unspecified atom stereocenters. The van der Waals surface area contributed by atoms with Crippen LogP contribution >= 0.6 is 15.9 Å². The van der Waals surface area contributed by atoms with E-state index in [0.717, 1.165) is 16.0 Å². The fourth-order valence-electron chi connectivity index (χ4n) is 3.16. The molecule has 0 spiro atoms. The molecular formula is C13H12BrN3. The number of nitrogens with zero attached hydrogens (tertiary/aromatic N) is 3. The lowest BCUT2D eigenvalue weighted by atomic mass is 10.1. The molecule has 1 aliphatic carbocycles. The summed E-state index contributed by atoms with van der Waals surface area (Å²) >= 11 is 3.70. The molecular weight excluding hydrogens is 278 g/mol. The summed E-state index contributed by atoms with van der Waals surface area (Å²) < 4.78 is 3.48. The highest BCUT2D eigenvalue weighted by Crippen LogP contribution is 2.51. The van der Waals surface area contributed by atoms with Crippen LogP contribution in [0.15, 0.2) is 29.0 Å². The number of fused-ring (bicyclic) bond motifs is 5. The molecule has 2 atom stereocenters. The minimum Gasteiger partial charge on any atom is -0.319 e. The Labute approximate surface area is 108 Å². The van der Waals surface area contributed by atoms with Gasteiger partial charge >= 0.3 is 0 Å². The molecule has 1 saturated carbocycles. The number of halogens is 1. The van der Waals surface area contributed by atoms with E-state index in [4.69, 9.17) is 4.98 Å². The van der Waals surface area contributed by atoms with Gasteiger partial charge in [-0.3, -0.25) is 4.98 Å². The molecule has 0 radical (unpaired) electrons. The monoisotopic (exact) mass is 289 g/mol. The van der Waals surface area contributed by atoms with Crippen LogP contribution in [0.25, 0.3) is 11.4 Å². The van der Waals surface area contributed by atoms with Crippen molar-refractivity contribution in [2.75, 3.05) is 0 Å². The van der Waals surface area contributed by atoms with Crippen LogP contribution in [0.1, 0.15) is 37.0 Å². The van der Waals surface area contributed by atoms with Gasteiger partial charge in [-0.2, -0.15) is 0 Å². The summed E-state index contributed by atoms with van der Waals surface area (Å²) in [4.78, 5) is 9.18. The van der Waals surface area contributed by atoms with Gasteiger partial charge in [0.15, 0.2) is 0 Å². The van der Waals surface area contributed by atoms with E-state index in [-0.39, 0.29) is 0 Å². The SMILES string of the molecule is Brc1c(-c2ccccn2)nc2n1C1CCC2C1. The van der Waals surface area contributed by atoms with Gasteiger partial charge in [0.2, 0.25) is 0 Å². The smallest absolute Gasteiger partial charge is 0.122 e. The lowest BCUT2D eigenvalue weighted by molar-refractivity contribution is 0.518. The number of hydrogen-bond donors (Lipinski definition) is 0. The van der Waals surface area contributed by atoms with E-state index in [0.29, 0.717) is 12.0 Å². The van der Waals surface area contributed by atoms with Gasteiger partial charge in [0.1, 0.15) is 16.1 Å². The number of hydrogen-bond acceptors (Lipinski definition) is 2. The molecule has 3 heterocycles. The lowest BCUT2D eigenvalue weighted by Gasteiger charge is -2.13. The minimum atomic E-state index is 0.661. The van der Waals surface area contributed by atoms with E-state index >= 15 is 0 Å². The van der Waals surface area contributed by atoms with Crippen molar-refractivity contribution < 1.29 is 0 Å². The maximum absolute atomic E-state index is 4.80. The Morgan fingerprint density at radius 2 is 2.24 bits per heavy atom. The van der Waals surface area contributed by atoms with Gasteiger partial charge in [-0.1, -0.05) is 6.07 Å². The molecule has 2 aromatic rings. The van der Waals surface area contributed by atoms with E-state index in [1.807, 2.05) is 24.4 Å². The van der Waals surface area contributed by atoms with Crippen molar-refractivity contribution in [3.05, 3.63) is 34.8 Å². The second-order valence-corrected chi connectivity index (χ2v) is 5.61. The third kappa shape index (κ3) is 1.27. The standard InChI is InChI=1S/C13H12BrN3/c14-12-11(10-3-1-2-6-15-10)16-13-8-4-5-9(7-8)17(12)13/h1-3,6,8-9H,4-5,7H2. The highest BCUT2D eigenvalue weighted by Gasteiger charge is 2.40. The number of rotatable bonds is 1. The fourth-order valence-corrected chi connectivity index (χ4v) is 3.92. The van der Waals surface area contributed by atoms with E-state index in [2.05, 4.69) is 25.5 Å². The zero-order chi connectivity index (χ0) is 11.4. The number of imidazole rings is 1. The summed E-state index contributed by atoms with van der Waals surface area (Å²) in [6.45, 7) is 0. The molecule has 86 valence electrons. The zero-order valence-corrected chi connectivity index (χ0v) is 10.9. The summed E-state index contributed by atoms with van der Waals surface area (Å²) in [5.41, 5.74) is 1.96. The van der Waals surface area contributed by atoms with Gasteiger partial charge in [0, 0.05) is 18.2 Å². The molecule has 2 bridgehead atoms. The largest absolute Gasteiger partial charge is 0.319 e. The van der Waals surface area contributed by atoms with Gasteiger partial charge in [-0.15, -0.1) is 0 Å². The third-order valence-electron chi connectivity index (χ3n) is 3.92. The van der Waals surface area contributed by atoms with Crippen LogP contribution in [0.4, 0.5) is 0 Å². The van der Waals surface area contributed by atoms with Crippen LogP contribution in [-0.4, -0.2) is 14.5 Å². The van der Waals surface area contributed by atoms with Crippen molar-refractivity contribution in [1.82, 2.24) is 14.5 Å². The molecule has 1 aliphatic heterocycles. The molecule has 0 N–H and O–H groups in total. The second-order valence-electron chi connectivity index (χ2n) is 4.86. The summed E-state index contributed by atoms with van der Waals surface area (Å²) in [5, 5.41) is 0. The predicted molar refractivity (Wildman–Crippen MR) is 68.8 cm³/mol. The molecule has 17 heavy (non-hydrogen) atoms. The minimum absolute atomic E-state index is 0.661. The Morgan fingerprint density at radius 1 is 1.29 bits per heavy atom. The Balaban J connectivity index is 1.90. The molecule has 0 aromatic carbocycles. The summed E-state index contributed by atoms with van der Waals surface area (Å²) in [5.74, 6) is 1.93. The quantitative estimate of drug-likeness (QED) is 0.804. The van der Waals surface area contributed by atoms with Crippen molar-refractivity contribution in [3.8, 4) is 11.4 Å². The van der Waals surface area contributed by atoms with Crippen molar-refractivity contribution in [1.29, 1.82) is 0 Å². The summed E-state index contributed by atoms with van der Waals surface area (Å²) in [6.07, 6.45) is 5.70. The summed E-state index contributed by atoms with van der Waals surface area (Å²) in [6, 6.07) is 6.62. The first-order valence-corrected chi connectivity index (χ1v) is 6.83. The molecule has 3 nitrogen and oxygen atoms in total. The normalized spacial score (nSPS) is 25.2. The fraction of sp³-hybridized carbons (Fsp3) is 0.385. The maximum Gasteiger partial charge on any atom is 0.122 e. The van der Waals surface area contributed by atoms with Crippen LogP contribution < -0.4 is 0 Å². The van der Waals surface area contributed by atoms with E-state index in [9.17, 15) is 0 Å². The molecule has 1 fully saturated rings. The summed E-state index contributed by atoms with van der Waals surface area (Å²) in [7, 11) is 0. The van der Waals surface area contributed by atoms with E-state index in [1.165, 1.54) is 25.1 Å². The second kappa shape index (κ2) is 3.42. The lowest BCUT2D eigenvalue weighted by Crippen LogP contribution is -2.06. The van der Waals surface area contributed by atoms with Crippen LogP contribution in [0, 0.1) is 0 Å². The van der Waals surface area contributed by atoms with Crippen LogP contribution in [-0.2, 0) is 0 Å². The van der Waals surface area contributed by atoms with Gasteiger partial charge in [-0.05, 0) is 47.3 Å². The van der Waals surface area contributed by atoms with Crippen molar-refractivity contribution >= 4 is 15.9 Å². The number of aromatic nitrogens is 3. The molecule has 4 rings (SSSR count). The molecule has 2 aliphatic rings. The first-order chi connectivity index (χ1) is 8.34.